The number of epoxide rings is 1. The van der Waals surface area contributed by atoms with E-state index in [-0.39, 0.29) is 30.5 Å². The summed E-state index contributed by atoms with van der Waals surface area (Å²) in [5.74, 6) is -2.56. The maximum absolute atomic E-state index is 13.3. The molecule has 0 amide bonds. The van der Waals surface area contributed by atoms with Gasteiger partial charge in [-0.05, 0) is 44.3 Å². The number of aliphatic hydroxyl groups excluding tert-OH is 6. The molecule has 276 valence electrons. The van der Waals surface area contributed by atoms with Gasteiger partial charge in [0.1, 0.15) is 54.0 Å². The van der Waals surface area contributed by atoms with Crippen molar-refractivity contribution in [3.05, 3.63) is 21.7 Å². The lowest BCUT2D eigenvalue weighted by molar-refractivity contribution is -0.310. The molecule has 0 aromatic carbocycles. The molecule has 6 N–H and O–H groups in total. The van der Waals surface area contributed by atoms with Crippen LogP contribution >= 0.6 is 11.3 Å². The van der Waals surface area contributed by atoms with E-state index < -0.39 is 84.6 Å². The Morgan fingerprint density at radius 2 is 1.73 bits per heavy atom. The van der Waals surface area contributed by atoms with Crippen LogP contribution in [-0.4, -0.2) is 120 Å². The van der Waals surface area contributed by atoms with Crippen LogP contribution in [0.3, 0.4) is 0 Å². The third-order valence-electron chi connectivity index (χ3n) is 10.1. The molecule has 4 rings (SSSR count). The summed E-state index contributed by atoms with van der Waals surface area (Å²) in [6, 6.07) is 0. The molecule has 3 saturated heterocycles. The Hall–Kier alpha value is -2.18. The minimum Gasteiger partial charge on any atom is -0.458 e. The van der Waals surface area contributed by atoms with Crippen molar-refractivity contribution in [1.82, 2.24) is 4.98 Å². The normalized spacial score (nSPS) is 38.7. The Kier molecular flexibility index (Phi) is 13.3. The molecule has 49 heavy (non-hydrogen) atoms. The van der Waals surface area contributed by atoms with Gasteiger partial charge in [-0.25, -0.2) is 4.98 Å². The van der Waals surface area contributed by atoms with Crippen molar-refractivity contribution < 1.29 is 64.0 Å². The molecule has 3 aliphatic rings. The average molecular weight is 714 g/mol. The number of aromatic nitrogens is 1. The van der Waals surface area contributed by atoms with Crippen LogP contribution in [0.1, 0.15) is 84.3 Å². The molecular formula is C34H51NO13S. The first kappa shape index (κ1) is 39.6. The second-order valence-corrected chi connectivity index (χ2v) is 15.2. The lowest BCUT2D eigenvalue weighted by Crippen LogP contribution is -2.62. The van der Waals surface area contributed by atoms with Crippen LogP contribution in [0, 0.1) is 17.3 Å². The Bertz CT molecular complexity index is 1350. The van der Waals surface area contributed by atoms with Crippen LogP contribution in [0.4, 0.5) is 0 Å². The number of nitrogens with zero attached hydrogens (tertiary/aromatic N) is 1. The third kappa shape index (κ3) is 9.58. The second-order valence-electron chi connectivity index (χ2n) is 14.3. The summed E-state index contributed by atoms with van der Waals surface area (Å²) in [7, 11) is 0. The van der Waals surface area contributed by atoms with Gasteiger partial charge in [-0.1, -0.05) is 34.1 Å². The number of cyclic esters (lactones) is 1. The topological polar surface area (TPSA) is 226 Å². The highest BCUT2D eigenvalue weighted by Gasteiger charge is 2.48. The van der Waals surface area contributed by atoms with Gasteiger partial charge >= 0.3 is 5.97 Å². The number of esters is 1. The largest absolute Gasteiger partial charge is 0.458 e. The zero-order chi connectivity index (χ0) is 36.4. The van der Waals surface area contributed by atoms with Gasteiger partial charge in [0.05, 0.1) is 41.9 Å². The molecule has 0 aliphatic carbocycles. The van der Waals surface area contributed by atoms with E-state index in [9.17, 15) is 45.0 Å². The molecule has 0 radical (unpaired) electrons. The van der Waals surface area contributed by atoms with E-state index in [1.54, 1.807) is 39.2 Å². The number of carbonyl (C=O) groups excluding carboxylic acids is 3. The number of fused-ring (bicyclic) bond motifs is 1. The average Bonchev–Trinajstić information content (AvgIpc) is 3.63. The Balaban J connectivity index is 1.45. The summed E-state index contributed by atoms with van der Waals surface area (Å²) in [5, 5.41) is 64.9. The molecule has 0 saturated carbocycles. The van der Waals surface area contributed by atoms with Gasteiger partial charge in [0.15, 0.2) is 12.1 Å². The number of hydrogen-bond acceptors (Lipinski definition) is 15. The van der Waals surface area contributed by atoms with Crippen LogP contribution in [0.2, 0.25) is 0 Å². The molecule has 14 nitrogen and oxygen atoms in total. The highest BCUT2D eigenvalue weighted by molar-refractivity contribution is 7.09. The Labute approximate surface area is 290 Å². The van der Waals surface area contributed by atoms with Gasteiger partial charge in [-0.15, -0.1) is 11.3 Å². The minimum atomic E-state index is -1.73. The molecule has 0 spiro atoms. The van der Waals surface area contributed by atoms with Crippen LogP contribution in [0.15, 0.2) is 11.0 Å². The number of Topliss-reactive ketones (excluding diaryl/α,β-unsaturated/α-hetero) is 2. The first-order chi connectivity index (χ1) is 22.9. The number of ketones is 2. The molecule has 0 bridgehead atoms. The highest BCUT2D eigenvalue weighted by Crippen LogP contribution is 2.36. The van der Waals surface area contributed by atoms with Crippen LogP contribution < -0.4 is 0 Å². The van der Waals surface area contributed by atoms with Gasteiger partial charge in [-0.3, -0.25) is 14.4 Å². The van der Waals surface area contributed by atoms with Crippen molar-refractivity contribution in [2.45, 2.75) is 148 Å². The summed E-state index contributed by atoms with van der Waals surface area (Å²) in [5.41, 5.74) is -0.109. The molecular weight excluding hydrogens is 662 g/mol. The quantitative estimate of drug-likeness (QED) is 0.172. The lowest BCUT2D eigenvalue weighted by atomic mass is 9.73. The third-order valence-corrected chi connectivity index (χ3v) is 10.9. The van der Waals surface area contributed by atoms with Gasteiger partial charge in [-0.2, -0.15) is 0 Å². The molecule has 13 atom stereocenters. The summed E-state index contributed by atoms with van der Waals surface area (Å²) < 4.78 is 22.8. The zero-order valence-electron chi connectivity index (χ0n) is 28.8. The fourth-order valence-corrected chi connectivity index (χ4v) is 7.12. The number of aliphatic hydroxyl groups is 6. The first-order valence-corrected chi connectivity index (χ1v) is 17.7. The maximum atomic E-state index is 13.3. The highest BCUT2D eigenvalue weighted by atomic mass is 32.1. The SMILES string of the molecule is CC(=O)C(O)[C@H]1O[C@H](OCc2nc(/C=C(\C)[C@@H]3C[C@@H]4O[C@@H]4CCC[C@@H](C)[C@H](O)[C@@H](C)C(=O)C(C)(C)[C@@H](O)CC(=O)O3)cs2)[C@H](O)[C@@H](O)[C@@H]1O. The van der Waals surface area contributed by atoms with E-state index in [1.807, 2.05) is 6.92 Å². The predicted molar refractivity (Wildman–Crippen MR) is 175 cm³/mol. The van der Waals surface area contributed by atoms with Crippen LogP contribution in [0.5, 0.6) is 0 Å². The van der Waals surface area contributed by atoms with E-state index in [4.69, 9.17) is 18.9 Å². The molecule has 3 aliphatic heterocycles. The summed E-state index contributed by atoms with van der Waals surface area (Å²) in [6.07, 6.45) is -8.91. The first-order valence-electron chi connectivity index (χ1n) is 16.8. The van der Waals surface area contributed by atoms with Gasteiger partial charge in [0, 0.05) is 17.7 Å². The maximum Gasteiger partial charge on any atom is 0.309 e. The van der Waals surface area contributed by atoms with Crippen molar-refractivity contribution in [2.75, 3.05) is 0 Å². The minimum absolute atomic E-state index is 0.0222. The number of hydrogen-bond donors (Lipinski definition) is 6. The van der Waals surface area contributed by atoms with E-state index in [0.717, 1.165) is 19.8 Å². The number of ether oxygens (including phenoxy) is 4. The monoisotopic (exact) mass is 713 g/mol. The molecule has 4 heterocycles. The predicted octanol–water partition coefficient (Wildman–Crippen LogP) is 1.05. The van der Waals surface area contributed by atoms with Crippen molar-refractivity contribution in [3.63, 3.8) is 0 Å². The summed E-state index contributed by atoms with van der Waals surface area (Å²) in [4.78, 5) is 42.6. The van der Waals surface area contributed by atoms with Crippen molar-refractivity contribution >= 4 is 34.9 Å². The molecule has 15 heteroatoms. The standard InChI is InChI=1S/C34H51NO13S/c1-15-8-7-9-20-22(46-20)11-21(47-25(38)12-23(37)34(5,6)32(44)17(3)26(15)39)16(2)10-19-14-49-24(35-19)13-45-33-30(43)28(41)29(42)31(48-33)27(40)18(4)36/h10,14-15,17,20-23,26-31,33,37,39-43H,7-9,11-13H2,1-6H3/b16-10+/t15-,17-,20-,21+,22+,23+,26+,27?,28+,29+,30-,31-,33+/m1/s1. The van der Waals surface area contributed by atoms with E-state index >= 15 is 0 Å². The van der Waals surface area contributed by atoms with Gasteiger partial charge in [0.25, 0.3) is 0 Å². The van der Waals surface area contributed by atoms with E-state index in [0.29, 0.717) is 29.1 Å². The van der Waals surface area contributed by atoms with Crippen LogP contribution in [0.25, 0.3) is 6.08 Å². The molecule has 3 fully saturated rings. The second kappa shape index (κ2) is 16.4. The smallest absolute Gasteiger partial charge is 0.309 e. The molecule has 1 unspecified atom stereocenters. The van der Waals surface area contributed by atoms with Crippen molar-refractivity contribution in [3.8, 4) is 0 Å². The fourth-order valence-electron chi connectivity index (χ4n) is 6.45. The molecule has 1 aromatic rings. The van der Waals surface area contributed by atoms with Gasteiger partial charge in [0.2, 0.25) is 0 Å². The van der Waals surface area contributed by atoms with E-state index in [1.165, 1.54) is 11.3 Å². The Morgan fingerprint density at radius 1 is 1.04 bits per heavy atom. The fraction of sp³-hybridized carbons (Fsp3) is 0.765. The lowest BCUT2D eigenvalue weighted by Gasteiger charge is -2.41. The molecule has 1 aromatic heterocycles. The van der Waals surface area contributed by atoms with Crippen LogP contribution in [-0.2, 0) is 39.9 Å². The van der Waals surface area contributed by atoms with Crippen molar-refractivity contribution in [2.24, 2.45) is 17.3 Å². The Morgan fingerprint density at radius 3 is 2.41 bits per heavy atom. The van der Waals surface area contributed by atoms with E-state index in [2.05, 4.69) is 4.98 Å². The number of thiazole rings is 1. The van der Waals surface area contributed by atoms with Crippen molar-refractivity contribution in [1.29, 1.82) is 0 Å². The van der Waals surface area contributed by atoms with Gasteiger partial charge < -0.3 is 49.6 Å². The summed E-state index contributed by atoms with van der Waals surface area (Å²) in [6.45, 7) is 9.42. The number of carbonyl (C=O) groups is 3. The summed E-state index contributed by atoms with van der Waals surface area (Å²) >= 11 is 1.23. The zero-order valence-corrected chi connectivity index (χ0v) is 29.6. The number of rotatable bonds is 7.